The normalized spacial score (nSPS) is 39.8. The van der Waals surface area contributed by atoms with Crippen LogP contribution in [0.1, 0.15) is 66.2 Å². The minimum absolute atomic E-state index is 0.0739. The average Bonchev–Trinajstić information content (AvgIpc) is 2.89. The van der Waals surface area contributed by atoms with Crippen LogP contribution in [0.4, 0.5) is 0 Å². The zero-order valence-corrected chi connectivity index (χ0v) is 16.1. The predicted octanol–water partition coefficient (Wildman–Crippen LogP) is 3.20. The Morgan fingerprint density at radius 2 is 1.92 bits per heavy atom. The van der Waals surface area contributed by atoms with Gasteiger partial charge in [0.2, 0.25) is 0 Å². The minimum atomic E-state index is -0.204. The van der Waals surface area contributed by atoms with Crippen molar-refractivity contribution in [2.45, 2.75) is 71.8 Å². The molecule has 3 aliphatic rings. The molecular formula is C20H36N2O2. The van der Waals surface area contributed by atoms with E-state index in [0.717, 1.165) is 19.5 Å². The molecular weight excluding hydrogens is 300 g/mol. The lowest BCUT2D eigenvalue weighted by Crippen LogP contribution is -2.67. The van der Waals surface area contributed by atoms with Crippen LogP contribution in [0.3, 0.4) is 0 Å². The maximum Gasteiger partial charge on any atom is 0.312 e. The number of ether oxygens (including phenoxy) is 1. The fourth-order valence-electron chi connectivity index (χ4n) is 6.58. The number of carbonyl (C=O) groups excluding carboxylic acids is 1. The van der Waals surface area contributed by atoms with Gasteiger partial charge >= 0.3 is 5.97 Å². The summed E-state index contributed by atoms with van der Waals surface area (Å²) >= 11 is 0. The van der Waals surface area contributed by atoms with Crippen LogP contribution >= 0.6 is 0 Å². The summed E-state index contributed by atoms with van der Waals surface area (Å²) in [4.78, 5) is 15.6. The first kappa shape index (κ1) is 18.2. The third-order valence-corrected chi connectivity index (χ3v) is 8.25. The van der Waals surface area contributed by atoms with Crippen LogP contribution in [-0.4, -0.2) is 42.6 Å². The number of nitrogens with zero attached hydrogens (tertiary/aromatic N) is 1. The number of nitrogens with two attached hydrogens (primary N) is 1. The van der Waals surface area contributed by atoms with Crippen molar-refractivity contribution >= 4 is 5.97 Å². The maximum atomic E-state index is 12.9. The van der Waals surface area contributed by atoms with E-state index in [9.17, 15) is 4.79 Å². The molecule has 2 saturated carbocycles. The highest BCUT2D eigenvalue weighted by atomic mass is 16.5. The summed E-state index contributed by atoms with van der Waals surface area (Å²) in [5, 5.41) is 0. The molecule has 1 aliphatic heterocycles. The van der Waals surface area contributed by atoms with Crippen molar-refractivity contribution in [2.75, 3.05) is 26.2 Å². The summed E-state index contributed by atoms with van der Waals surface area (Å²) in [5.74, 6) is 0.410. The lowest BCUT2D eigenvalue weighted by molar-refractivity contribution is -0.164. The molecule has 0 amide bonds. The van der Waals surface area contributed by atoms with Crippen molar-refractivity contribution in [3.05, 3.63) is 0 Å². The summed E-state index contributed by atoms with van der Waals surface area (Å²) in [6, 6.07) is 0. The second kappa shape index (κ2) is 6.28. The van der Waals surface area contributed by atoms with Gasteiger partial charge in [-0.15, -0.1) is 0 Å². The lowest BCUT2D eigenvalue weighted by atomic mass is 9.57. The van der Waals surface area contributed by atoms with E-state index in [1.54, 1.807) is 0 Å². The number of likely N-dealkylation sites (tertiary alicyclic amines) is 1. The standard InChI is InChI=1S/C20H36N2O2/c1-5-24-17(23)16(14-21)20(22-11-7-6-8-12-22)13-15-9-10-19(20,4)18(15,2)3/h15-16H,5-14,21H2,1-4H3/t15-,16+,19+,20-/m1/s1. The van der Waals surface area contributed by atoms with E-state index in [-0.39, 0.29) is 28.3 Å². The topological polar surface area (TPSA) is 55.6 Å². The fraction of sp³-hybridized carbons (Fsp3) is 0.950. The molecule has 2 N–H and O–H groups in total. The average molecular weight is 337 g/mol. The summed E-state index contributed by atoms with van der Waals surface area (Å²) in [6.45, 7) is 12.2. The van der Waals surface area contributed by atoms with Gasteiger partial charge in [-0.3, -0.25) is 9.69 Å². The monoisotopic (exact) mass is 336 g/mol. The second-order valence-corrected chi connectivity index (χ2v) is 9.01. The summed E-state index contributed by atoms with van der Waals surface area (Å²) in [5.41, 5.74) is 6.48. The Morgan fingerprint density at radius 3 is 2.38 bits per heavy atom. The molecule has 0 aromatic rings. The van der Waals surface area contributed by atoms with Gasteiger partial charge in [-0.1, -0.05) is 27.2 Å². The van der Waals surface area contributed by atoms with Gasteiger partial charge in [0.05, 0.1) is 12.5 Å². The second-order valence-electron chi connectivity index (χ2n) is 9.01. The molecule has 4 nitrogen and oxygen atoms in total. The highest BCUT2D eigenvalue weighted by Crippen LogP contribution is 2.73. The summed E-state index contributed by atoms with van der Waals surface area (Å²) < 4.78 is 5.50. The first-order valence-corrected chi connectivity index (χ1v) is 9.97. The molecule has 3 fully saturated rings. The number of fused-ring (bicyclic) bond motifs is 2. The Labute approximate surface area is 147 Å². The third kappa shape index (κ3) is 2.21. The largest absolute Gasteiger partial charge is 0.466 e. The molecule has 4 heteroatoms. The molecule has 0 unspecified atom stereocenters. The van der Waals surface area contributed by atoms with Gasteiger partial charge in [-0.2, -0.15) is 0 Å². The predicted molar refractivity (Wildman–Crippen MR) is 96.6 cm³/mol. The highest BCUT2D eigenvalue weighted by Gasteiger charge is 2.73. The van der Waals surface area contributed by atoms with Crippen LogP contribution < -0.4 is 5.73 Å². The van der Waals surface area contributed by atoms with Crippen LogP contribution in [0.5, 0.6) is 0 Å². The van der Waals surface area contributed by atoms with Crippen LogP contribution in [0.2, 0.25) is 0 Å². The van der Waals surface area contributed by atoms with Gasteiger partial charge < -0.3 is 10.5 Å². The van der Waals surface area contributed by atoms with Crippen molar-refractivity contribution in [1.82, 2.24) is 4.90 Å². The Balaban J connectivity index is 2.07. The molecule has 1 saturated heterocycles. The smallest absolute Gasteiger partial charge is 0.312 e. The Morgan fingerprint density at radius 1 is 1.25 bits per heavy atom. The molecule has 2 aliphatic carbocycles. The first-order chi connectivity index (χ1) is 11.3. The number of esters is 1. The first-order valence-electron chi connectivity index (χ1n) is 9.97. The van der Waals surface area contributed by atoms with Gasteiger partial charge in [-0.25, -0.2) is 0 Å². The molecule has 3 rings (SSSR count). The van der Waals surface area contributed by atoms with Crippen molar-refractivity contribution in [1.29, 1.82) is 0 Å². The van der Waals surface area contributed by atoms with Crippen molar-refractivity contribution in [3.8, 4) is 0 Å². The van der Waals surface area contributed by atoms with Gasteiger partial charge in [0.15, 0.2) is 0 Å². The third-order valence-electron chi connectivity index (χ3n) is 8.25. The van der Waals surface area contributed by atoms with Crippen LogP contribution in [0.15, 0.2) is 0 Å². The summed E-state index contributed by atoms with van der Waals surface area (Å²) in [7, 11) is 0. The van der Waals surface area contributed by atoms with E-state index >= 15 is 0 Å². The molecule has 4 atom stereocenters. The molecule has 0 aromatic heterocycles. The Kier molecular flexibility index (Phi) is 4.76. The molecule has 24 heavy (non-hydrogen) atoms. The van der Waals surface area contributed by atoms with E-state index in [0.29, 0.717) is 19.1 Å². The van der Waals surface area contributed by atoms with Gasteiger partial charge in [0, 0.05) is 12.1 Å². The molecule has 0 spiro atoms. The van der Waals surface area contributed by atoms with Crippen LogP contribution in [0, 0.1) is 22.7 Å². The molecule has 1 heterocycles. The molecule has 0 radical (unpaired) electrons. The Hall–Kier alpha value is -0.610. The van der Waals surface area contributed by atoms with E-state index in [2.05, 4.69) is 25.7 Å². The number of carbonyl (C=O) groups is 1. The van der Waals surface area contributed by atoms with Gasteiger partial charge in [-0.05, 0) is 68.9 Å². The van der Waals surface area contributed by atoms with Crippen molar-refractivity contribution in [2.24, 2.45) is 28.4 Å². The fourth-order valence-corrected chi connectivity index (χ4v) is 6.58. The molecule has 138 valence electrons. The molecule has 2 bridgehead atoms. The Bertz CT molecular complexity index is 486. The van der Waals surface area contributed by atoms with E-state index in [1.165, 1.54) is 32.1 Å². The maximum absolute atomic E-state index is 12.9. The number of rotatable bonds is 5. The van der Waals surface area contributed by atoms with E-state index < -0.39 is 0 Å². The summed E-state index contributed by atoms with van der Waals surface area (Å²) in [6.07, 6.45) is 7.39. The SMILES string of the molecule is CCOC(=O)[C@H](CN)[C@]1(N2CCCCC2)C[C@H]2CC[C@@]1(C)C2(C)C. The van der Waals surface area contributed by atoms with E-state index in [1.807, 2.05) is 6.92 Å². The number of hydrogen-bond acceptors (Lipinski definition) is 4. The van der Waals surface area contributed by atoms with Gasteiger partial charge in [0.1, 0.15) is 0 Å². The van der Waals surface area contributed by atoms with Crippen LogP contribution in [0.25, 0.3) is 0 Å². The van der Waals surface area contributed by atoms with Crippen molar-refractivity contribution < 1.29 is 9.53 Å². The zero-order chi connectivity index (χ0) is 17.6. The minimum Gasteiger partial charge on any atom is -0.466 e. The highest BCUT2D eigenvalue weighted by molar-refractivity contribution is 5.75. The van der Waals surface area contributed by atoms with Gasteiger partial charge in [0.25, 0.3) is 0 Å². The van der Waals surface area contributed by atoms with E-state index in [4.69, 9.17) is 10.5 Å². The zero-order valence-electron chi connectivity index (χ0n) is 16.1. The molecule has 0 aromatic carbocycles. The quantitative estimate of drug-likeness (QED) is 0.783. The van der Waals surface area contributed by atoms with Crippen molar-refractivity contribution in [3.63, 3.8) is 0 Å². The lowest BCUT2D eigenvalue weighted by Gasteiger charge is -2.58. The number of hydrogen-bond donors (Lipinski definition) is 1. The van der Waals surface area contributed by atoms with Crippen LogP contribution in [-0.2, 0) is 9.53 Å². The number of piperidine rings is 1.